The second kappa shape index (κ2) is 8.39. The van der Waals surface area contributed by atoms with Gasteiger partial charge in [0.05, 0.1) is 11.9 Å². The third-order valence-corrected chi connectivity index (χ3v) is 4.68. The van der Waals surface area contributed by atoms with Crippen LogP contribution < -0.4 is 5.32 Å². The molecule has 1 aliphatic rings. The van der Waals surface area contributed by atoms with Gasteiger partial charge in [0.2, 0.25) is 5.95 Å². The van der Waals surface area contributed by atoms with Gasteiger partial charge >= 0.3 is 0 Å². The predicted octanol–water partition coefficient (Wildman–Crippen LogP) is 3.99. The average molecular weight is 403 g/mol. The highest BCUT2D eigenvalue weighted by atomic mass is 35.5. The number of aromatic nitrogens is 2. The van der Waals surface area contributed by atoms with Gasteiger partial charge in [0.15, 0.2) is 0 Å². The van der Waals surface area contributed by atoms with Gasteiger partial charge in [-0.25, -0.2) is 4.68 Å². The first-order chi connectivity index (χ1) is 13.4. The van der Waals surface area contributed by atoms with E-state index < -0.39 is 11.9 Å². The molecule has 8 heteroatoms. The third-order valence-electron chi connectivity index (χ3n) is 4.37. The van der Waals surface area contributed by atoms with E-state index in [2.05, 4.69) is 20.4 Å². The SMILES string of the molecule is CO/N=C/c1ccc(C2=CCCC=C2NC(=O)c2c(C)nn(C)c2F)c(Cl)c1. The fourth-order valence-electron chi connectivity index (χ4n) is 3.07. The van der Waals surface area contributed by atoms with Gasteiger partial charge in [-0.2, -0.15) is 9.49 Å². The zero-order chi connectivity index (χ0) is 20.3. The molecule has 1 heterocycles. The first-order valence-electron chi connectivity index (χ1n) is 8.70. The molecule has 0 saturated carbocycles. The maximum atomic E-state index is 14.2. The van der Waals surface area contributed by atoms with Gasteiger partial charge in [0.1, 0.15) is 12.7 Å². The highest BCUT2D eigenvalue weighted by Gasteiger charge is 2.23. The second-order valence-corrected chi connectivity index (χ2v) is 6.71. The highest BCUT2D eigenvalue weighted by Crippen LogP contribution is 2.32. The number of amides is 1. The maximum Gasteiger partial charge on any atom is 0.262 e. The van der Waals surface area contributed by atoms with Crippen LogP contribution in [0, 0.1) is 12.9 Å². The Hall–Kier alpha value is -2.93. The summed E-state index contributed by atoms with van der Waals surface area (Å²) in [7, 11) is 2.92. The number of carbonyl (C=O) groups is 1. The van der Waals surface area contributed by atoms with Crippen molar-refractivity contribution in [3.8, 4) is 0 Å². The molecule has 1 N–H and O–H groups in total. The van der Waals surface area contributed by atoms with Crippen LogP contribution in [-0.4, -0.2) is 29.0 Å². The molecular weight excluding hydrogens is 383 g/mol. The van der Waals surface area contributed by atoms with E-state index in [1.54, 1.807) is 19.2 Å². The van der Waals surface area contributed by atoms with Crippen LogP contribution in [0.25, 0.3) is 5.57 Å². The fraction of sp³-hybridized carbons (Fsp3) is 0.250. The molecule has 28 heavy (non-hydrogen) atoms. The van der Waals surface area contributed by atoms with Gasteiger partial charge in [-0.05, 0) is 31.4 Å². The summed E-state index contributed by atoms with van der Waals surface area (Å²) in [6.07, 6.45) is 7.05. The molecule has 0 bridgehead atoms. The first-order valence-corrected chi connectivity index (χ1v) is 9.07. The molecule has 0 atom stereocenters. The zero-order valence-electron chi connectivity index (χ0n) is 15.8. The average Bonchev–Trinajstić information content (AvgIpc) is 2.92. The number of aryl methyl sites for hydroxylation is 2. The van der Waals surface area contributed by atoms with Gasteiger partial charge in [-0.15, -0.1) is 0 Å². The topological polar surface area (TPSA) is 68.5 Å². The minimum atomic E-state index is -0.670. The highest BCUT2D eigenvalue weighted by molar-refractivity contribution is 6.33. The minimum absolute atomic E-state index is 0.0643. The number of halogens is 2. The van der Waals surface area contributed by atoms with Gasteiger partial charge in [-0.1, -0.05) is 41.0 Å². The second-order valence-electron chi connectivity index (χ2n) is 6.30. The molecule has 0 unspecified atom stereocenters. The van der Waals surface area contributed by atoms with E-state index in [-0.39, 0.29) is 5.56 Å². The van der Waals surface area contributed by atoms with Crippen LogP contribution >= 0.6 is 11.6 Å². The Labute approximate surface area is 167 Å². The van der Waals surface area contributed by atoms with Crippen LogP contribution in [-0.2, 0) is 11.9 Å². The standard InChI is InChI=1S/C20H20ClFN4O2/c1-12-18(19(22)26(2)25-12)20(27)24-17-7-5-4-6-15(17)14-9-8-13(10-16(14)21)11-23-28-3/h6-11H,4-5H2,1-3H3,(H,24,27)/b23-11+. The molecule has 1 aromatic carbocycles. The number of oxime groups is 1. The lowest BCUT2D eigenvalue weighted by Crippen LogP contribution is -2.25. The lowest BCUT2D eigenvalue weighted by atomic mass is 9.95. The number of hydrogen-bond acceptors (Lipinski definition) is 4. The zero-order valence-corrected chi connectivity index (χ0v) is 16.5. The van der Waals surface area contributed by atoms with E-state index >= 15 is 0 Å². The van der Waals surface area contributed by atoms with Crippen LogP contribution in [0.3, 0.4) is 0 Å². The molecular formula is C20H20ClFN4O2. The molecule has 0 spiro atoms. The van der Waals surface area contributed by atoms with Gasteiger partial charge in [0.25, 0.3) is 5.91 Å². The van der Waals surface area contributed by atoms with Crippen molar-refractivity contribution >= 4 is 29.3 Å². The van der Waals surface area contributed by atoms with Crippen molar-refractivity contribution < 1.29 is 14.0 Å². The number of benzene rings is 1. The number of rotatable bonds is 5. The lowest BCUT2D eigenvalue weighted by Gasteiger charge is -2.19. The minimum Gasteiger partial charge on any atom is -0.399 e. The molecule has 0 fully saturated rings. The van der Waals surface area contributed by atoms with Crippen molar-refractivity contribution in [1.82, 2.24) is 15.1 Å². The molecule has 0 saturated heterocycles. The molecule has 6 nitrogen and oxygen atoms in total. The number of hydrogen-bond donors (Lipinski definition) is 1. The summed E-state index contributed by atoms with van der Waals surface area (Å²) in [4.78, 5) is 17.3. The monoisotopic (exact) mass is 402 g/mol. The van der Waals surface area contributed by atoms with Crippen LogP contribution in [0.4, 0.5) is 4.39 Å². The summed E-state index contributed by atoms with van der Waals surface area (Å²) in [5.41, 5.74) is 3.21. The predicted molar refractivity (Wildman–Crippen MR) is 107 cm³/mol. The van der Waals surface area contributed by atoms with E-state index in [0.717, 1.165) is 34.2 Å². The van der Waals surface area contributed by atoms with E-state index in [1.165, 1.54) is 14.2 Å². The Morgan fingerprint density at radius 1 is 1.39 bits per heavy atom. The van der Waals surface area contributed by atoms with Crippen LogP contribution in [0.2, 0.25) is 5.02 Å². The maximum absolute atomic E-state index is 14.2. The van der Waals surface area contributed by atoms with E-state index in [0.29, 0.717) is 16.4 Å². The van der Waals surface area contributed by atoms with Crippen LogP contribution in [0.5, 0.6) is 0 Å². The molecule has 2 aromatic rings. The molecule has 0 aliphatic heterocycles. The molecule has 0 radical (unpaired) electrons. The molecule has 1 aromatic heterocycles. The Balaban J connectivity index is 1.88. The number of nitrogens with zero attached hydrogens (tertiary/aromatic N) is 3. The summed E-state index contributed by atoms with van der Waals surface area (Å²) in [5, 5.41) is 11.0. The normalized spacial score (nSPS) is 14.0. The summed E-state index contributed by atoms with van der Waals surface area (Å²) in [6.45, 7) is 1.60. The largest absolute Gasteiger partial charge is 0.399 e. The molecule has 1 aliphatic carbocycles. The van der Waals surface area contributed by atoms with Gasteiger partial charge < -0.3 is 10.2 Å². The summed E-state index contributed by atoms with van der Waals surface area (Å²) >= 11 is 6.46. The van der Waals surface area contributed by atoms with E-state index in [9.17, 15) is 9.18 Å². The molecule has 1 amide bonds. The fourth-order valence-corrected chi connectivity index (χ4v) is 3.36. The van der Waals surface area contributed by atoms with Crippen molar-refractivity contribution in [3.05, 3.63) is 69.4 Å². The number of allylic oxidation sites excluding steroid dienone is 3. The Kier molecular flexibility index (Phi) is 5.94. The summed E-state index contributed by atoms with van der Waals surface area (Å²) in [6, 6.07) is 5.47. The van der Waals surface area contributed by atoms with Crippen molar-refractivity contribution in [3.63, 3.8) is 0 Å². The van der Waals surface area contributed by atoms with Gasteiger partial charge in [0, 0.05) is 28.9 Å². The summed E-state index contributed by atoms with van der Waals surface area (Å²) < 4.78 is 15.3. The van der Waals surface area contributed by atoms with Gasteiger partial charge in [-0.3, -0.25) is 4.79 Å². The Morgan fingerprint density at radius 3 is 2.79 bits per heavy atom. The van der Waals surface area contributed by atoms with E-state index in [4.69, 9.17) is 11.6 Å². The van der Waals surface area contributed by atoms with Crippen molar-refractivity contribution in [2.24, 2.45) is 12.2 Å². The Bertz CT molecular complexity index is 1010. The lowest BCUT2D eigenvalue weighted by molar-refractivity contribution is 0.0962. The third kappa shape index (κ3) is 3.99. The summed E-state index contributed by atoms with van der Waals surface area (Å²) in [5.74, 6) is -1.21. The quantitative estimate of drug-likeness (QED) is 0.607. The number of nitrogens with one attached hydrogen (secondary N) is 1. The van der Waals surface area contributed by atoms with E-state index in [1.807, 2.05) is 24.3 Å². The molecule has 3 rings (SSSR count). The van der Waals surface area contributed by atoms with Crippen molar-refractivity contribution in [2.75, 3.05) is 7.11 Å². The van der Waals surface area contributed by atoms with Crippen molar-refractivity contribution in [2.45, 2.75) is 19.8 Å². The first kappa shape index (κ1) is 19.8. The van der Waals surface area contributed by atoms with Crippen LogP contribution in [0.15, 0.2) is 41.2 Å². The number of carbonyl (C=O) groups excluding carboxylic acids is 1. The van der Waals surface area contributed by atoms with Crippen molar-refractivity contribution in [1.29, 1.82) is 0 Å². The van der Waals surface area contributed by atoms with Crippen LogP contribution in [0.1, 0.15) is 40.0 Å². The molecule has 146 valence electrons. The Morgan fingerprint density at radius 2 is 2.14 bits per heavy atom. The smallest absolute Gasteiger partial charge is 0.262 e.